The zero-order chi connectivity index (χ0) is 14.5. The van der Waals surface area contributed by atoms with Gasteiger partial charge < -0.3 is 15.5 Å². The largest absolute Gasteiger partial charge is 0.353 e. The average molecular weight is 287 g/mol. The van der Waals surface area contributed by atoms with E-state index in [1.54, 1.807) is 0 Å². The van der Waals surface area contributed by atoms with Crippen LogP contribution in [0, 0.1) is 5.92 Å². The van der Waals surface area contributed by atoms with Gasteiger partial charge in [-0.1, -0.05) is 30.3 Å². The molecule has 114 valence electrons. The number of rotatable bonds is 5. The standard InChI is InChI=1S/C17H25N3O/c21-17(15-12-18-13-15)19-16-7-10-20(11-8-16)9-6-14-4-2-1-3-5-14/h1-5,15-16,18H,6-13H2,(H,19,21). The highest BCUT2D eigenvalue weighted by molar-refractivity contribution is 5.80. The van der Waals surface area contributed by atoms with Crippen LogP contribution in [0.2, 0.25) is 0 Å². The molecule has 0 aromatic heterocycles. The summed E-state index contributed by atoms with van der Waals surface area (Å²) in [5.41, 5.74) is 1.41. The summed E-state index contributed by atoms with van der Waals surface area (Å²) in [5.74, 6) is 0.456. The number of amides is 1. The van der Waals surface area contributed by atoms with E-state index < -0.39 is 0 Å². The molecular weight excluding hydrogens is 262 g/mol. The van der Waals surface area contributed by atoms with Crippen molar-refractivity contribution in [1.82, 2.24) is 15.5 Å². The van der Waals surface area contributed by atoms with Crippen LogP contribution in [0.3, 0.4) is 0 Å². The van der Waals surface area contributed by atoms with Crippen LogP contribution in [0.4, 0.5) is 0 Å². The van der Waals surface area contributed by atoms with Crippen molar-refractivity contribution in [3.05, 3.63) is 35.9 Å². The summed E-state index contributed by atoms with van der Waals surface area (Å²) in [7, 11) is 0. The monoisotopic (exact) mass is 287 g/mol. The third-order valence-corrected chi connectivity index (χ3v) is 4.65. The van der Waals surface area contributed by atoms with Gasteiger partial charge in [-0.15, -0.1) is 0 Å². The Hall–Kier alpha value is -1.39. The molecule has 4 nitrogen and oxygen atoms in total. The minimum atomic E-state index is 0.209. The lowest BCUT2D eigenvalue weighted by Crippen LogP contribution is -2.54. The number of hydrogen-bond donors (Lipinski definition) is 2. The van der Waals surface area contributed by atoms with Gasteiger partial charge in [0, 0.05) is 38.8 Å². The molecule has 3 rings (SSSR count). The number of hydrogen-bond acceptors (Lipinski definition) is 3. The van der Waals surface area contributed by atoms with Crippen molar-refractivity contribution in [2.24, 2.45) is 5.92 Å². The van der Waals surface area contributed by atoms with Crippen LogP contribution in [-0.4, -0.2) is 49.6 Å². The molecule has 0 spiro atoms. The Morgan fingerprint density at radius 2 is 1.90 bits per heavy atom. The molecule has 0 unspecified atom stereocenters. The number of benzene rings is 1. The Labute approximate surface area is 126 Å². The predicted molar refractivity (Wildman–Crippen MR) is 84.1 cm³/mol. The predicted octanol–water partition coefficient (Wildman–Crippen LogP) is 1.03. The van der Waals surface area contributed by atoms with E-state index in [1.165, 1.54) is 5.56 Å². The second-order valence-electron chi connectivity index (χ2n) is 6.22. The van der Waals surface area contributed by atoms with Crippen LogP contribution in [0.25, 0.3) is 0 Å². The molecule has 2 heterocycles. The lowest BCUT2D eigenvalue weighted by atomic mass is 9.99. The van der Waals surface area contributed by atoms with Gasteiger partial charge in [0.05, 0.1) is 5.92 Å². The fourth-order valence-electron chi connectivity index (χ4n) is 3.03. The second-order valence-corrected chi connectivity index (χ2v) is 6.22. The first kappa shape index (κ1) is 14.5. The van der Waals surface area contributed by atoms with Crippen LogP contribution in [0.15, 0.2) is 30.3 Å². The molecule has 0 atom stereocenters. The van der Waals surface area contributed by atoms with E-state index >= 15 is 0 Å². The lowest BCUT2D eigenvalue weighted by Gasteiger charge is -2.34. The van der Waals surface area contributed by atoms with Crippen LogP contribution < -0.4 is 10.6 Å². The Bertz CT molecular complexity index is 450. The molecule has 1 aromatic carbocycles. The second kappa shape index (κ2) is 7.05. The van der Waals surface area contributed by atoms with Gasteiger partial charge in [0.1, 0.15) is 0 Å². The smallest absolute Gasteiger partial charge is 0.225 e. The van der Waals surface area contributed by atoms with Crippen molar-refractivity contribution in [3.8, 4) is 0 Å². The molecule has 0 radical (unpaired) electrons. The van der Waals surface area contributed by atoms with Crippen LogP contribution in [-0.2, 0) is 11.2 Å². The third kappa shape index (κ3) is 4.05. The van der Waals surface area contributed by atoms with Crippen LogP contribution in [0.5, 0.6) is 0 Å². The van der Waals surface area contributed by atoms with Crippen molar-refractivity contribution in [3.63, 3.8) is 0 Å². The van der Waals surface area contributed by atoms with Gasteiger partial charge in [-0.2, -0.15) is 0 Å². The molecule has 1 aromatic rings. The highest BCUT2D eigenvalue weighted by Gasteiger charge is 2.28. The van der Waals surface area contributed by atoms with E-state index in [0.717, 1.165) is 52.0 Å². The molecule has 4 heteroatoms. The fraction of sp³-hybridized carbons (Fsp3) is 0.588. The molecule has 2 aliphatic heterocycles. The SMILES string of the molecule is O=C(NC1CCN(CCc2ccccc2)CC1)C1CNC1. The summed E-state index contributed by atoms with van der Waals surface area (Å²) in [6.07, 6.45) is 3.28. The summed E-state index contributed by atoms with van der Waals surface area (Å²) in [6, 6.07) is 11.0. The summed E-state index contributed by atoms with van der Waals surface area (Å²) < 4.78 is 0. The van der Waals surface area contributed by atoms with E-state index in [0.29, 0.717) is 6.04 Å². The van der Waals surface area contributed by atoms with E-state index in [2.05, 4.69) is 45.9 Å². The van der Waals surface area contributed by atoms with Gasteiger partial charge >= 0.3 is 0 Å². The van der Waals surface area contributed by atoms with Gasteiger partial charge in [-0.3, -0.25) is 4.79 Å². The van der Waals surface area contributed by atoms with Gasteiger partial charge in [-0.05, 0) is 24.8 Å². The summed E-state index contributed by atoms with van der Waals surface area (Å²) >= 11 is 0. The molecule has 0 saturated carbocycles. The molecule has 0 aliphatic carbocycles. The molecule has 0 bridgehead atoms. The summed E-state index contributed by atoms with van der Waals surface area (Å²) in [4.78, 5) is 14.4. The lowest BCUT2D eigenvalue weighted by molar-refractivity contribution is -0.127. The number of piperidine rings is 1. The van der Waals surface area contributed by atoms with Crippen molar-refractivity contribution in [2.45, 2.75) is 25.3 Å². The number of carbonyl (C=O) groups excluding carboxylic acids is 1. The number of nitrogens with zero attached hydrogens (tertiary/aromatic N) is 1. The quantitative estimate of drug-likeness (QED) is 0.850. The third-order valence-electron chi connectivity index (χ3n) is 4.65. The zero-order valence-electron chi connectivity index (χ0n) is 12.6. The fourth-order valence-corrected chi connectivity index (χ4v) is 3.03. The number of nitrogens with one attached hydrogen (secondary N) is 2. The number of carbonyl (C=O) groups is 1. The maximum Gasteiger partial charge on any atom is 0.225 e. The van der Waals surface area contributed by atoms with Crippen molar-refractivity contribution in [1.29, 1.82) is 0 Å². The molecule has 2 fully saturated rings. The summed E-state index contributed by atoms with van der Waals surface area (Å²) in [5, 5.41) is 6.36. The van der Waals surface area contributed by atoms with E-state index in [1.807, 2.05) is 0 Å². The Kier molecular flexibility index (Phi) is 4.88. The van der Waals surface area contributed by atoms with Gasteiger partial charge in [0.2, 0.25) is 5.91 Å². The molecule has 2 N–H and O–H groups in total. The summed E-state index contributed by atoms with van der Waals surface area (Å²) in [6.45, 7) is 5.02. The molecule has 2 aliphatic rings. The minimum absolute atomic E-state index is 0.209. The van der Waals surface area contributed by atoms with E-state index in [9.17, 15) is 4.79 Å². The average Bonchev–Trinajstić information content (AvgIpc) is 2.46. The first-order chi connectivity index (χ1) is 10.3. The van der Waals surface area contributed by atoms with Gasteiger partial charge in [0.25, 0.3) is 0 Å². The first-order valence-corrected chi connectivity index (χ1v) is 8.08. The molecule has 21 heavy (non-hydrogen) atoms. The van der Waals surface area contributed by atoms with Crippen molar-refractivity contribution in [2.75, 3.05) is 32.7 Å². The van der Waals surface area contributed by atoms with Crippen LogP contribution >= 0.6 is 0 Å². The van der Waals surface area contributed by atoms with Gasteiger partial charge in [-0.25, -0.2) is 0 Å². The number of likely N-dealkylation sites (tertiary alicyclic amines) is 1. The highest BCUT2D eigenvalue weighted by atomic mass is 16.2. The Morgan fingerprint density at radius 1 is 1.19 bits per heavy atom. The van der Waals surface area contributed by atoms with E-state index in [4.69, 9.17) is 0 Å². The van der Waals surface area contributed by atoms with Gasteiger partial charge in [0.15, 0.2) is 0 Å². The maximum atomic E-state index is 11.9. The normalized spacial score (nSPS) is 21.0. The van der Waals surface area contributed by atoms with Crippen molar-refractivity contribution >= 4 is 5.91 Å². The van der Waals surface area contributed by atoms with Crippen molar-refractivity contribution < 1.29 is 4.79 Å². The molecular formula is C17H25N3O. The first-order valence-electron chi connectivity index (χ1n) is 8.08. The molecule has 1 amide bonds. The van der Waals surface area contributed by atoms with Crippen LogP contribution in [0.1, 0.15) is 18.4 Å². The Balaban J connectivity index is 1.36. The topological polar surface area (TPSA) is 44.4 Å². The highest BCUT2D eigenvalue weighted by Crippen LogP contribution is 2.13. The minimum Gasteiger partial charge on any atom is -0.353 e. The van der Waals surface area contributed by atoms with E-state index in [-0.39, 0.29) is 11.8 Å². The molecule has 2 saturated heterocycles. The zero-order valence-corrected chi connectivity index (χ0v) is 12.6. The maximum absolute atomic E-state index is 11.9. The Morgan fingerprint density at radius 3 is 2.52 bits per heavy atom.